The van der Waals surface area contributed by atoms with Crippen LogP contribution in [0.25, 0.3) is 6.08 Å². The number of carbonyl (C=O) groups is 1. The van der Waals surface area contributed by atoms with Crippen LogP contribution in [0.2, 0.25) is 0 Å². The van der Waals surface area contributed by atoms with E-state index >= 15 is 0 Å². The Labute approximate surface area is 110 Å². The van der Waals surface area contributed by atoms with Crippen LogP contribution in [-0.4, -0.2) is 11.9 Å². The molecule has 0 bridgehead atoms. The number of halogens is 1. The van der Waals surface area contributed by atoms with Crippen molar-refractivity contribution in [3.8, 4) is 0 Å². The van der Waals surface area contributed by atoms with Crippen molar-refractivity contribution in [2.24, 2.45) is 4.99 Å². The maximum atomic E-state index is 11.6. The monoisotopic (exact) mass is 307 g/mol. The summed E-state index contributed by atoms with van der Waals surface area (Å²) < 4.78 is 15.9. The van der Waals surface area contributed by atoms with E-state index < -0.39 is 5.97 Å². The first-order chi connectivity index (χ1) is 8.72. The van der Waals surface area contributed by atoms with Crippen molar-refractivity contribution >= 4 is 33.9 Å². The molecule has 3 heterocycles. The van der Waals surface area contributed by atoms with Crippen LogP contribution in [0.1, 0.15) is 11.5 Å². The molecule has 0 atom stereocenters. The normalized spacial score (nSPS) is 17.1. The number of carbonyl (C=O) groups excluding carboxylic acids is 1. The van der Waals surface area contributed by atoms with Gasteiger partial charge in [0.15, 0.2) is 16.1 Å². The summed E-state index contributed by atoms with van der Waals surface area (Å²) in [5, 5.41) is 0. The van der Waals surface area contributed by atoms with Gasteiger partial charge in [-0.3, -0.25) is 0 Å². The Morgan fingerprint density at radius 2 is 2.17 bits per heavy atom. The second kappa shape index (κ2) is 4.30. The molecule has 6 heteroatoms. The number of furan rings is 2. The smallest absolute Gasteiger partial charge is 0.364 e. The zero-order valence-corrected chi connectivity index (χ0v) is 10.5. The summed E-state index contributed by atoms with van der Waals surface area (Å²) >= 11 is 3.17. The van der Waals surface area contributed by atoms with Gasteiger partial charge >= 0.3 is 5.97 Å². The summed E-state index contributed by atoms with van der Waals surface area (Å²) in [6.45, 7) is 0. The van der Waals surface area contributed by atoms with E-state index in [9.17, 15) is 4.79 Å². The number of aliphatic imine (C=N–C) groups is 1. The lowest BCUT2D eigenvalue weighted by atomic mass is 10.3. The Balaban J connectivity index is 1.94. The van der Waals surface area contributed by atoms with E-state index in [0.717, 1.165) is 0 Å². The highest BCUT2D eigenvalue weighted by Crippen LogP contribution is 2.22. The van der Waals surface area contributed by atoms with Crippen LogP contribution in [0.4, 0.5) is 0 Å². The van der Waals surface area contributed by atoms with Gasteiger partial charge in [0.25, 0.3) is 5.90 Å². The predicted octanol–water partition coefficient (Wildman–Crippen LogP) is 2.98. The molecular weight excluding hydrogens is 302 g/mol. The third-order valence-corrected chi connectivity index (χ3v) is 2.65. The average Bonchev–Trinajstić information content (AvgIpc) is 3.03. The van der Waals surface area contributed by atoms with Gasteiger partial charge in [-0.1, -0.05) is 0 Å². The summed E-state index contributed by atoms with van der Waals surface area (Å²) in [6.07, 6.45) is 3.02. The fourth-order valence-corrected chi connectivity index (χ4v) is 1.76. The Morgan fingerprint density at radius 3 is 2.83 bits per heavy atom. The van der Waals surface area contributed by atoms with Crippen LogP contribution < -0.4 is 0 Å². The highest BCUT2D eigenvalue weighted by molar-refractivity contribution is 9.10. The summed E-state index contributed by atoms with van der Waals surface area (Å²) in [4.78, 5) is 15.6. The summed E-state index contributed by atoms with van der Waals surface area (Å²) in [7, 11) is 0. The summed E-state index contributed by atoms with van der Waals surface area (Å²) in [5.41, 5.74) is 0.174. The van der Waals surface area contributed by atoms with Gasteiger partial charge in [0.1, 0.15) is 5.76 Å². The summed E-state index contributed by atoms with van der Waals surface area (Å²) in [6, 6.07) is 6.80. The first-order valence-corrected chi connectivity index (χ1v) is 5.83. The van der Waals surface area contributed by atoms with Gasteiger partial charge in [-0.25, -0.2) is 9.79 Å². The molecule has 2 aromatic heterocycles. The van der Waals surface area contributed by atoms with Gasteiger partial charge in [-0.05, 0) is 40.2 Å². The van der Waals surface area contributed by atoms with E-state index in [1.807, 2.05) is 0 Å². The van der Waals surface area contributed by atoms with E-state index in [1.54, 1.807) is 24.3 Å². The van der Waals surface area contributed by atoms with Gasteiger partial charge in [0.2, 0.25) is 0 Å². The van der Waals surface area contributed by atoms with Gasteiger partial charge < -0.3 is 13.6 Å². The molecule has 0 saturated heterocycles. The first-order valence-electron chi connectivity index (χ1n) is 5.04. The van der Waals surface area contributed by atoms with E-state index in [0.29, 0.717) is 16.2 Å². The molecule has 0 amide bonds. The minimum atomic E-state index is -0.533. The minimum Gasteiger partial charge on any atom is -0.465 e. The third kappa shape index (κ3) is 2.02. The van der Waals surface area contributed by atoms with Gasteiger partial charge in [0.05, 0.1) is 6.26 Å². The van der Waals surface area contributed by atoms with Crippen LogP contribution in [0, 0.1) is 0 Å². The zero-order valence-electron chi connectivity index (χ0n) is 8.92. The van der Waals surface area contributed by atoms with Crippen molar-refractivity contribution in [3.05, 3.63) is 52.4 Å². The molecule has 0 radical (unpaired) electrons. The Bertz CT molecular complexity index is 651. The third-order valence-electron chi connectivity index (χ3n) is 2.23. The first kappa shape index (κ1) is 11.0. The van der Waals surface area contributed by atoms with E-state index in [-0.39, 0.29) is 11.6 Å². The quantitative estimate of drug-likeness (QED) is 0.632. The standard InChI is InChI=1S/C12H6BrNO4/c13-10-4-3-9(17-10)11-14-8(12(15)18-11)6-7-2-1-5-16-7/h1-6H. The molecular formula is C12H6BrNO4. The van der Waals surface area contributed by atoms with Crippen molar-refractivity contribution in [3.63, 3.8) is 0 Å². The Morgan fingerprint density at radius 1 is 1.28 bits per heavy atom. The molecule has 1 aliphatic heterocycles. The summed E-state index contributed by atoms with van der Waals surface area (Å²) in [5.74, 6) is 0.531. The minimum absolute atomic E-state index is 0.142. The molecule has 3 rings (SSSR count). The molecule has 0 aromatic carbocycles. The topological polar surface area (TPSA) is 64.9 Å². The highest BCUT2D eigenvalue weighted by Gasteiger charge is 2.26. The maximum Gasteiger partial charge on any atom is 0.364 e. The van der Waals surface area contributed by atoms with Crippen molar-refractivity contribution in [2.45, 2.75) is 0 Å². The van der Waals surface area contributed by atoms with Gasteiger partial charge in [-0.15, -0.1) is 0 Å². The van der Waals surface area contributed by atoms with E-state index in [1.165, 1.54) is 12.3 Å². The highest BCUT2D eigenvalue weighted by atomic mass is 79.9. The second-order valence-electron chi connectivity index (χ2n) is 3.46. The van der Waals surface area contributed by atoms with Crippen LogP contribution in [-0.2, 0) is 9.53 Å². The molecule has 1 aliphatic rings. The van der Waals surface area contributed by atoms with Crippen LogP contribution >= 0.6 is 15.9 Å². The van der Waals surface area contributed by atoms with E-state index in [4.69, 9.17) is 13.6 Å². The number of esters is 1. The zero-order chi connectivity index (χ0) is 12.5. The number of hydrogen-bond donors (Lipinski definition) is 0. The van der Waals surface area contributed by atoms with Crippen LogP contribution in [0.15, 0.2) is 54.7 Å². The number of cyclic esters (lactones) is 1. The number of ether oxygens (including phenoxy) is 1. The molecule has 90 valence electrons. The average molecular weight is 308 g/mol. The lowest BCUT2D eigenvalue weighted by Crippen LogP contribution is -2.04. The lowest BCUT2D eigenvalue weighted by molar-refractivity contribution is -0.130. The molecule has 5 nitrogen and oxygen atoms in total. The van der Waals surface area contributed by atoms with Gasteiger partial charge in [0, 0.05) is 6.08 Å². The second-order valence-corrected chi connectivity index (χ2v) is 4.24. The van der Waals surface area contributed by atoms with Crippen LogP contribution in [0.5, 0.6) is 0 Å². The fraction of sp³-hybridized carbons (Fsp3) is 0. The van der Waals surface area contributed by atoms with Crippen molar-refractivity contribution in [1.82, 2.24) is 0 Å². The van der Waals surface area contributed by atoms with E-state index in [2.05, 4.69) is 20.9 Å². The SMILES string of the molecule is O=C1OC(c2ccc(Br)o2)=NC1=Cc1ccco1. The molecule has 0 unspecified atom stereocenters. The Hall–Kier alpha value is -2.08. The number of rotatable bonds is 2. The van der Waals surface area contributed by atoms with Crippen LogP contribution in [0.3, 0.4) is 0 Å². The van der Waals surface area contributed by atoms with Crippen molar-refractivity contribution in [2.75, 3.05) is 0 Å². The Kier molecular flexibility index (Phi) is 2.64. The molecule has 2 aromatic rings. The maximum absolute atomic E-state index is 11.6. The molecule has 0 saturated carbocycles. The molecule has 0 N–H and O–H groups in total. The van der Waals surface area contributed by atoms with Crippen molar-refractivity contribution in [1.29, 1.82) is 0 Å². The number of nitrogens with zero attached hydrogens (tertiary/aromatic N) is 1. The molecule has 18 heavy (non-hydrogen) atoms. The van der Waals surface area contributed by atoms with Gasteiger partial charge in [-0.2, -0.15) is 0 Å². The largest absolute Gasteiger partial charge is 0.465 e. The fourth-order valence-electron chi connectivity index (χ4n) is 1.45. The predicted molar refractivity (Wildman–Crippen MR) is 65.7 cm³/mol. The molecule has 0 spiro atoms. The molecule has 0 aliphatic carbocycles. The van der Waals surface area contributed by atoms with Crippen molar-refractivity contribution < 1.29 is 18.4 Å². The molecule has 0 fully saturated rings. The lowest BCUT2D eigenvalue weighted by Gasteiger charge is -1.92. The number of hydrogen-bond acceptors (Lipinski definition) is 5.